The molecule has 0 spiro atoms. The number of rotatable bonds is 53. The van der Waals surface area contributed by atoms with E-state index in [0.29, 0.717) is 19.3 Å². The fraction of sp³-hybridized carbons (Fsp3) is 0.657. The summed E-state index contributed by atoms with van der Waals surface area (Å²) in [7, 11) is 0. The van der Waals surface area contributed by atoms with Gasteiger partial charge in [-0.2, -0.15) is 0 Å². The molecule has 0 fully saturated rings. The van der Waals surface area contributed by atoms with E-state index in [1.165, 1.54) is 89.9 Å². The minimum Gasteiger partial charge on any atom is -0.462 e. The van der Waals surface area contributed by atoms with Gasteiger partial charge in [0.1, 0.15) is 13.2 Å². The van der Waals surface area contributed by atoms with Crippen LogP contribution in [0.4, 0.5) is 0 Å². The highest BCUT2D eigenvalue weighted by molar-refractivity contribution is 5.71. The van der Waals surface area contributed by atoms with Gasteiger partial charge in [0.25, 0.3) is 0 Å². The third-order valence-electron chi connectivity index (χ3n) is 12.4. The van der Waals surface area contributed by atoms with Gasteiger partial charge in [-0.3, -0.25) is 14.4 Å². The quantitative estimate of drug-likeness (QED) is 0.0261. The van der Waals surface area contributed by atoms with E-state index in [0.717, 1.165) is 128 Å². The number of ether oxygens (including phenoxy) is 3. The zero-order chi connectivity index (χ0) is 52.9. The topological polar surface area (TPSA) is 78.9 Å². The Morgan fingerprint density at radius 3 is 0.863 bits per heavy atom. The van der Waals surface area contributed by atoms with Crippen molar-refractivity contribution in [2.45, 2.75) is 271 Å². The third-order valence-corrected chi connectivity index (χ3v) is 12.4. The van der Waals surface area contributed by atoms with Crippen molar-refractivity contribution in [3.05, 3.63) is 122 Å². The maximum absolute atomic E-state index is 12.8. The van der Waals surface area contributed by atoms with E-state index >= 15 is 0 Å². The number of hydrogen-bond donors (Lipinski definition) is 0. The monoisotopic (exact) mass is 1010 g/mol. The smallest absolute Gasteiger partial charge is 0.306 e. The van der Waals surface area contributed by atoms with Gasteiger partial charge in [-0.1, -0.05) is 239 Å². The molecule has 0 rings (SSSR count). The summed E-state index contributed by atoms with van der Waals surface area (Å²) in [6.07, 6.45) is 83.4. The number of allylic oxidation sites excluding steroid dienone is 20. The molecule has 1 unspecified atom stereocenters. The molecule has 1 atom stereocenters. The molecule has 0 aliphatic rings. The van der Waals surface area contributed by atoms with Gasteiger partial charge >= 0.3 is 17.9 Å². The first kappa shape index (κ1) is 68.8. The van der Waals surface area contributed by atoms with Gasteiger partial charge in [0.2, 0.25) is 0 Å². The molecule has 0 saturated heterocycles. The molecule has 0 saturated carbocycles. The zero-order valence-electron chi connectivity index (χ0n) is 47.4. The number of carbonyl (C=O) groups is 3. The van der Waals surface area contributed by atoms with Crippen LogP contribution in [0.3, 0.4) is 0 Å². The standard InChI is InChI=1S/C67H110O6/c1-4-7-10-13-16-19-22-25-28-29-30-31-32-33-34-35-36-37-40-42-45-48-51-54-57-60-66(69)72-63-64(73-67(70)61-58-55-52-49-46-43-39-27-24-21-18-15-12-9-6-3)62-71-65(68)59-56-53-50-47-44-41-38-26-23-20-17-14-11-8-5-2/h8-9,11-12,17-18,20-22,25-27,29-30,32-33,38-39,46,49,64H,4-7,10,13-16,19,23-24,28,31,34-37,40-45,47-48,50-63H2,1-3H3/b11-8-,12-9-,20-17-,21-18-,25-22-,30-29-,33-32-,38-26-,39-27-,49-46-. The molecule has 6 heteroatoms. The summed E-state index contributed by atoms with van der Waals surface area (Å²) in [5.74, 6) is -0.969. The maximum atomic E-state index is 12.8. The van der Waals surface area contributed by atoms with Crippen LogP contribution in [0.5, 0.6) is 0 Å². The highest BCUT2D eigenvalue weighted by Gasteiger charge is 2.19. The number of unbranched alkanes of at least 4 members (excludes halogenated alkanes) is 22. The highest BCUT2D eigenvalue weighted by atomic mass is 16.6. The van der Waals surface area contributed by atoms with E-state index in [1.807, 2.05) is 0 Å². The summed E-state index contributed by atoms with van der Waals surface area (Å²) in [5.41, 5.74) is 0. The lowest BCUT2D eigenvalue weighted by Crippen LogP contribution is -2.30. The summed E-state index contributed by atoms with van der Waals surface area (Å²) < 4.78 is 16.8. The second kappa shape index (κ2) is 60.4. The van der Waals surface area contributed by atoms with E-state index in [1.54, 1.807) is 0 Å². The minimum absolute atomic E-state index is 0.105. The molecule has 0 bridgehead atoms. The molecule has 0 heterocycles. The summed E-state index contributed by atoms with van der Waals surface area (Å²) >= 11 is 0. The fourth-order valence-electron chi connectivity index (χ4n) is 7.98. The molecule has 0 aliphatic carbocycles. The van der Waals surface area contributed by atoms with Crippen molar-refractivity contribution in [3.63, 3.8) is 0 Å². The minimum atomic E-state index is -0.813. The highest BCUT2D eigenvalue weighted by Crippen LogP contribution is 2.14. The van der Waals surface area contributed by atoms with Crippen LogP contribution in [0.2, 0.25) is 0 Å². The summed E-state index contributed by atoms with van der Waals surface area (Å²) in [6, 6.07) is 0. The van der Waals surface area contributed by atoms with Gasteiger partial charge in [0.05, 0.1) is 0 Å². The normalized spacial score (nSPS) is 13.0. The first-order valence-electron chi connectivity index (χ1n) is 30.0. The number of hydrogen-bond acceptors (Lipinski definition) is 6. The van der Waals surface area contributed by atoms with Crippen LogP contribution in [-0.2, 0) is 28.6 Å². The van der Waals surface area contributed by atoms with Crippen molar-refractivity contribution < 1.29 is 28.6 Å². The fourth-order valence-corrected chi connectivity index (χ4v) is 7.98. The van der Waals surface area contributed by atoms with Crippen LogP contribution in [0.25, 0.3) is 0 Å². The van der Waals surface area contributed by atoms with Crippen molar-refractivity contribution >= 4 is 17.9 Å². The predicted octanol–water partition coefficient (Wildman–Crippen LogP) is 20.4. The van der Waals surface area contributed by atoms with E-state index in [4.69, 9.17) is 14.2 Å². The number of esters is 3. The Hall–Kier alpha value is -4.19. The van der Waals surface area contributed by atoms with Gasteiger partial charge in [-0.25, -0.2) is 0 Å². The molecule has 0 N–H and O–H groups in total. The Bertz CT molecular complexity index is 1540. The Labute approximate surface area is 450 Å². The Kier molecular flexibility index (Phi) is 56.9. The molecule has 0 aromatic heterocycles. The number of carbonyl (C=O) groups excluding carboxylic acids is 3. The van der Waals surface area contributed by atoms with Crippen molar-refractivity contribution in [2.24, 2.45) is 0 Å². The molecule has 0 aromatic rings. The second-order valence-corrected chi connectivity index (χ2v) is 19.5. The average Bonchev–Trinajstić information content (AvgIpc) is 3.39. The Morgan fingerprint density at radius 2 is 0.534 bits per heavy atom. The summed E-state index contributed by atoms with van der Waals surface area (Å²) in [6.45, 7) is 6.35. The molecule has 73 heavy (non-hydrogen) atoms. The van der Waals surface area contributed by atoms with Crippen LogP contribution < -0.4 is 0 Å². The third kappa shape index (κ3) is 58.6. The van der Waals surface area contributed by atoms with Crippen molar-refractivity contribution in [3.8, 4) is 0 Å². The van der Waals surface area contributed by atoms with Crippen LogP contribution in [-0.4, -0.2) is 37.2 Å². The lowest BCUT2D eigenvalue weighted by atomic mass is 10.1. The van der Waals surface area contributed by atoms with Gasteiger partial charge in [0.15, 0.2) is 6.10 Å². The molecule has 6 nitrogen and oxygen atoms in total. The Balaban J connectivity index is 4.40. The van der Waals surface area contributed by atoms with E-state index in [9.17, 15) is 14.4 Å². The lowest BCUT2D eigenvalue weighted by molar-refractivity contribution is -0.167. The van der Waals surface area contributed by atoms with Gasteiger partial charge in [-0.05, 0) is 128 Å². The molecular formula is C67H110O6. The first-order valence-corrected chi connectivity index (χ1v) is 30.0. The van der Waals surface area contributed by atoms with Crippen molar-refractivity contribution in [1.29, 1.82) is 0 Å². The SMILES string of the molecule is CC/C=C\C/C=C\C/C=C\C/C=C\CCCCC(=O)OC(COC(=O)CCCCCCC/C=C\C/C=C\C/C=C\CC)COC(=O)CCCCCCCCCCCC/C=C\C/C=C\C/C=C\CCCCCCC. The van der Waals surface area contributed by atoms with Crippen LogP contribution >= 0.6 is 0 Å². The lowest BCUT2D eigenvalue weighted by Gasteiger charge is -2.18. The van der Waals surface area contributed by atoms with E-state index in [2.05, 4.69) is 142 Å². The molecule has 0 aromatic carbocycles. The molecule has 414 valence electrons. The molecule has 0 amide bonds. The summed E-state index contributed by atoms with van der Waals surface area (Å²) in [4.78, 5) is 38.2. The summed E-state index contributed by atoms with van der Waals surface area (Å²) in [5, 5.41) is 0. The first-order chi connectivity index (χ1) is 36.0. The van der Waals surface area contributed by atoms with Crippen LogP contribution in [0.15, 0.2) is 122 Å². The predicted molar refractivity (Wildman–Crippen MR) is 316 cm³/mol. The average molecular weight is 1010 g/mol. The molecular weight excluding hydrogens is 901 g/mol. The zero-order valence-corrected chi connectivity index (χ0v) is 47.4. The van der Waals surface area contributed by atoms with E-state index < -0.39 is 6.10 Å². The van der Waals surface area contributed by atoms with Crippen molar-refractivity contribution in [1.82, 2.24) is 0 Å². The Morgan fingerprint density at radius 1 is 0.288 bits per heavy atom. The molecule has 0 radical (unpaired) electrons. The van der Waals surface area contributed by atoms with Crippen LogP contribution in [0, 0.1) is 0 Å². The van der Waals surface area contributed by atoms with E-state index in [-0.39, 0.29) is 37.5 Å². The van der Waals surface area contributed by atoms with Crippen LogP contribution in [0.1, 0.15) is 265 Å². The second-order valence-electron chi connectivity index (χ2n) is 19.5. The largest absolute Gasteiger partial charge is 0.462 e. The van der Waals surface area contributed by atoms with Gasteiger partial charge in [0, 0.05) is 19.3 Å². The van der Waals surface area contributed by atoms with Gasteiger partial charge < -0.3 is 14.2 Å². The van der Waals surface area contributed by atoms with Gasteiger partial charge in [-0.15, -0.1) is 0 Å². The molecule has 0 aliphatic heterocycles. The maximum Gasteiger partial charge on any atom is 0.306 e. The van der Waals surface area contributed by atoms with Crippen molar-refractivity contribution in [2.75, 3.05) is 13.2 Å².